The van der Waals surface area contributed by atoms with E-state index in [9.17, 15) is 19.5 Å². The number of unbranched alkanes of at least 4 members (excludes halogenated alkanes) is 29. The van der Waals surface area contributed by atoms with Gasteiger partial charge in [-0.25, -0.2) is 4.79 Å². The Morgan fingerprint density at radius 1 is 0.456 bits per heavy atom. The van der Waals surface area contributed by atoms with E-state index in [1.165, 1.54) is 148 Å². The largest absolute Gasteiger partial charge is 0.477 e. The van der Waals surface area contributed by atoms with Gasteiger partial charge in [0, 0.05) is 12.8 Å². The van der Waals surface area contributed by atoms with Crippen LogP contribution in [0, 0.1) is 0 Å². The van der Waals surface area contributed by atoms with Crippen LogP contribution in [0.3, 0.4) is 0 Å². The molecule has 2 atom stereocenters. The van der Waals surface area contributed by atoms with Gasteiger partial charge < -0.3 is 28.5 Å². The van der Waals surface area contributed by atoms with Gasteiger partial charge in [0.1, 0.15) is 13.2 Å². The number of carboxylic acid groups (broad SMARTS) is 1. The van der Waals surface area contributed by atoms with Gasteiger partial charge >= 0.3 is 17.9 Å². The molecule has 0 saturated heterocycles. The van der Waals surface area contributed by atoms with Crippen molar-refractivity contribution in [3.63, 3.8) is 0 Å². The van der Waals surface area contributed by atoms with Crippen LogP contribution in [0.4, 0.5) is 0 Å². The van der Waals surface area contributed by atoms with Crippen molar-refractivity contribution in [1.82, 2.24) is 0 Å². The molecule has 9 nitrogen and oxygen atoms in total. The van der Waals surface area contributed by atoms with E-state index in [4.69, 9.17) is 18.9 Å². The van der Waals surface area contributed by atoms with Gasteiger partial charge in [0.2, 0.25) is 0 Å². The van der Waals surface area contributed by atoms with Crippen molar-refractivity contribution in [3.05, 3.63) is 48.6 Å². The number of quaternary nitrogens is 1. The lowest BCUT2D eigenvalue weighted by Crippen LogP contribution is -2.40. The van der Waals surface area contributed by atoms with Crippen LogP contribution in [-0.2, 0) is 33.3 Å². The van der Waals surface area contributed by atoms with Gasteiger partial charge in [-0.3, -0.25) is 9.59 Å². The number of ether oxygens (including phenoxy) is 4. The molecule has 0 aromatic heterocycles. The van der Waals surface area contributed by atoms with E-state index >= 15 is 0 Å². The van der Waals surface area contributed by atoms with E-state index in [0.717, 1.165) is 77.0 Å². The quantitative estimate of drug-likeness (QED) is 0.0211. The van der Waals surface area contributed by atoms with E-state index in [0.29, 0.717) is 17.4 Å². The molecule has 0 aliphatic carbocycles. The molecule has 0 rings (SSSR count). The summed E-state index contributed by atoms with van der Waals surface area (Å²) in [5, 5.41) is 9.70. The van der Waals surface area contributed by atoms with Crippen LogP contribution in [0.5, 0.6) is 0 Å². The highest BCUT2D eigenvalue weighted by Crippen LogP contribution is 2.17. The van der Waals surface area contributed by atoms with Crippen LogP contribution in [0.15, 0.2) is 48.6 Å². The molecule has 0 radical (unpaired) electrons. The summed E-state index contributed by atoms with van der Waals surface area (Å²) in [5.74, 6) is -2.00. The second-order valence-electron chi connectivity index (χ2n) is 20.2. The Morgan fingerprint density at radius 3 is 1.25 bits per heavy atom. The Kier molecular flexibility index (Phi) is 48.6. The molecule has 396 valence electrons. The highest BCUT2D eigenvalue weighted by molar-refractivity contribution is 5.71. The number of aliphatic carboxylic acids is 1. The zero-order chi connectivity index (χ0) is 49.9. The van der Waals surface area contributed by atoms with E-state index in [2.05, 4.69) is 62.5 Å². The number of hydrogen-bond acceptors (Lipinski definition) is 7. The molecule has 0 spiro atoms. The first-order valence-electron chi connectivity index (χ1n) is 28.3. The minimum absolute atomic E-state index is 0.181. The summed E-state index contributed by atoms with van der Waals surface area (Å²) in [6.07, 6.45) is 58.9. The van der Waals surface area contributed by atoms with E-state index in [1.54, 1.807) is 0 Å². The van der Waals surface area contributed by atoms with E-state index in [-0.39, 0.29) is 32.2 Å². The zero-order valence-corrected chi connectivity index (χ0v) is 45.0. The van der Waals surface area contributed by atoms with Crippen LogP contribution in [0.1, 0.15) is 251 Å². The highest BCUT2D eigenvalue weighted by Gasteiger charge is 2.25. The maximum Gasteiger partial charge on any atom is 0.361 e. The third-order valence-corrected chi connectivity index (χ3v) is 12.3. The maximum absolute atomic E-state index is 12.9. The van der Waals surface area contributed by atoms with Gasteiger partial charge in [-0.1, -0.05) is 236 Å². The normalized spacial score (nSPS) is 13.1. The fraction of sp³-hybridized carbons (Fsp3) is 0.814. The van der Waals surface area contributed by atoms with Crippen molar-refractivity contribution in [3.8, 4) is 0 Å². The maximum atomic E-state index is 12.9. The minimum atomic E-state index is -1.51. The van der Waals surface area contributed by atoms with E-state index < -0.39 is 24.3 Å². The van der Waals surface area contributed by atoms with Gasteiger partial charge in [-0.05, 0) is 51.4 Å². The Hall–Kier alpha value is -2.75. The lowest BCUT2D eigenvalue weighted by Gasteiger charge is -2.25. The summed E-state index contributed by atoms with van der Waals surface area (Å²) in [4.78, 5) is 37.4. The fourth-order valence-electron chi connectivity index (χ4n) is 8.01. The number of carbonyl (C=O) groups excluding carboxylic acids is 2. The third kappa shape index (κ3) is 51.1. The van der Waals surface area contributed by atoms with Crippen molar-refractivity contribution in [2.45, 2.75) is 264 Å². The lowest BCUT2D eigenvalue weighted by atomic mass is 10.0. The van der Waals surface area contributed by atoms with Gasteiger partial charge in [0.05, 0.1) is 34.4 Å². The van der Waals surface area contributed by atoms with Gasteiger partial charge in [0.25, 0.3) is 6.29 Å². The Bertz CT molecular complexity index is 1250. The Labute approximate surface area is 419 Å². The predicted octanol–water partition coefficient (Wildman–Crippen LogP) is 16.3. The molecule has 0 saturated carbocycles. The number of hydrogen-bond donors (Lipinski definition) is 1. The van der Waals surface area contributed by atoms with Crippen molar-refractivity contribution >= 4 is 17.9 Å². The third-order valence-electron chi connectivity index (χ3n) is 12.3. The fourth-order valence-corrected chi connectivity index (χ4v) is 8.01. The standard InChI is InChI=1S/C59H107NO8/c1-6-8-10-12-14-16-18-20-22-24-26-28-29-30-32-34-36-38-40-42-44-46-48-50-57(62)68-55(54-67-59(58(63)64)65-52-51-60(3,4)5)53-66-56(61)49-47-45-43-41-39-37-35-33-31-27-25-23-21-19-17-15-13-11-9-7-2/h8,10,14,16,20,22,26,28,55,59H,6-7,9,11-13,15,17-19,21,23-25,27,29-54H2,1-5H3/p+1/b10-8-,16-14-,22-20-,28-26-. The summed E-state index contributed by atoms with van der Waals surface area (Å²) >= 11 is 0. The average molecular weight is 960 g/mol. The SMILES string of the molecule is CC/C=C\C/C=C\C/C=C\C/C=C\CCCCCCCCCCCCC(=O)OC(COC(=O)CCCCCCCCCCCCCCCCCCCCCC)COC(OCC[N+](C)(C)C)C(=O)O. The number of esters is 2. The first-order valence-corrected chi connectivity index (χ1v) is 28.3. The average Bonchev–Trinajstić information content (AvgIpc) is 3.30. The molecule has 1 N–H and O–H groups in total. The number of nitrogens with zero attached hydrogens (tertiary/aromatic N) is 1. The van der Waals surface area contributed by atoms with Gasteiger partial charge in [0.15, 0.2) is 6.10 Å². The van der Waals surface area contributed by atoms with Crippen molar-refractivity contribution < 1.29 is 42.9 Å². The van der Waals surface area contributed by atoms with Crippen molar-refractivity contribution in [2.75, 3.05) is 47.5 Å². The second kappa shape index (κ2) is 50.6. The molecule has 0 aromatic rings. The molecule has 68 heavy (non-hydrogen) atoms. The first-order chi connectivity index (χ1) is 33.1. The first kappa shape index (κ1) is 65.2. The number of rotatable bonds is 52. The number of likely N-dealkylation sites (N-methyl/N-ethyl adjacent to an activating group) is 1. The molecule has 9 heteroatoms. The van der Waals surface area contributed by atoms with Crippen molar-refractivity contribution in [2.24, 2.45) is 0 Å². The lowest BCUT2D eigenvalue weighted by molar-refractivity contribution is -0.870. The molecule has 0 fully saturated rings. The molecular weight excluding hydrogens is 851 g/mol. The number of allylic oxidation sites excluding steroid dienone is 8. The smallest absolute Gasteiger partial charge is 0.361 e. The summed E-state index contributed by atoms with van der Waals surface area (Å²) in [7, 11) is 5.97. The van der Waals surface area contributed by atoms with Gasteiger partial charge in [-0.15, -0.1) is 0 Å². The molecule has 0 amide bonds. The molecule has 0 aliphatic rings. The number of carbonyl (C=O) groups is 3. The summed E-state index contributed by atoms with van der Waals surface area (Å²) in [6, 6.07) is 0. The monoisotopic (exact) mass is 959 g/mol. The van der Waals surface area contributed by atoms with Crippen LogP contribution in [0.25, 0.3) is 0 Å². The van der Waals surface area contributed by atoms with Crippen molar-refractivity contribution in [1.29, 1.82) is 0 Å². The van der Waals surface area contributed by atoms with Crippen LogP contribution < -0.4 is 0 Å². The van der Waals surface area contributed by atoms with Crippen LogP contribution in [0.2, 0.25) is 0 Å². The molecular formula is C59H108NO8+. The molecule has 0 aliphatic heterocycles. The number of carboxylic acids is 1. The molecule has 0 aromatic carbocycles. The summed E-state index contributed by atoms with van der Waals surface area (Å²) in [5.41, 5.74) is 0. The Balaban J connectivity index is 4.26. The zero-order valence-electron chi connectivity index (χ0n) is 45.0. The van der Waals surface area contributed by atoms with Gasteiger partial charge in [-0.2, -0.15) is 0 Å². The van der Waals surface area contributed by atoms with Crippen LogP contribution in [-0.4, -0.2) is 87.4 Å². The molecule has 2 unspecified atom stereocenters. The summed E-state index contributed by atoms with van der Waals surface area (Å²) in [6.45, 7) is 4.79. The summed E-state index contributed by atoms with van der Waals surface area (Å²) < 4.78 is 22.9. The molecule has 0 heterocycles. The second-order valence-corrected chi connectivity index (χ2v) is 20.2. The topological polar surface area (TPSA) is 108 Å². The Morgan fingerprint density at radius 2 is 0.838 bits per heavy atom. The predicted molar refractivity (Wildman–Crippen MR) is 286 cm³/mol. The highest BCUT2D eigenvalue weighted by atomic mass is 16.7. The molecule has 0 bridgehead atoms. The minimum Gasteiger partial charge on any atom is -0.477 e. The van der Waals surface area contributed by atoms with E-state index in [1.807, 2.05) is 21.1 Å². The van der Waals surface area contributed by atoms with Crippen LogP contribution >= 0.6 is 0 Å².